The largest absolute Gasteiger partial charge is 0.372 e. The molecule has 2 nitrogen and oxygen atoms in total. The summed E-state index contributed by atoms with van der Waals surface area (Å²) in [4.78, 5) is 0. The summed E-state index contributed by atoms with van der Waals surface area (Å²) in [7, 11) is 2.01. The lowest BCUT2D eigenvalue weighted by Gasteiger charge is -2.04. The van der Waals surface area contributed by atoms with Crippen molar-refractivity contribution >= 4 is 0 Å². The third-order valence-electron chi connectivity index (χ3n) is 2.93. The van der Waals surface area contributed by atoms with Crippen molar-refractivity contribution in [1.29, 1.82) is 0 Å². The maximum absolute atomic E-state index is 5.40. The molecule has 0 spiro atoms. The zero-order chi connectivity index (χ0) is 10.5. The van der Waals surface area contributed by atoms with Crippen LogP contribution in [0, 0.1) is 0 Å². The molecular weight excluding hydrogens is 186 g/mol. The van der Waals surface area contributed by atoms with E-state index in [1.54, 1.807) is 0 Å². The average Bonchev–Trinajstić information content (AvgIpc) is 2.71. The SMILES string of the molecule is CNCCCCc1ccc2c(c1)COC2. The number of ether oxygens (including phenoxy) is 1. The van der Waals surface area contributed by atoms with Crippen LogP contribution < -0.4 is 5.32 Å². The Labute approximate surface area is 91.6 Å². The lowest BCUT2D eigenvalue weighted by Crippen LogP contribution is -2.07. The second kappa shape index (κ2) is 5.29. The third-order valence-corrected chi connectivity index (χ3v) is 2.93. The van der Waals surface area contributed by atoms with Crippen LogP contribution in [-0.2, 0) is 24.4 Å². The molecule has 0 aliphatic carbocycles. The quantitative estimate of drug-likeness (QED) is 0.744. The lowest BCUT2D eigenvalue weighted by atomic mass is 10.0. The zero-order valence-corrected chi connectivity index (χ0v) is 9.38. The number of hydrogen-bond acceptors (Lipinski definition) is 2. The monoisotopic (exact) mass is 205 g/mol. The molecule has 2 rings (SSSR count). The van der Waals surface area contributed by atoms with Crippen LogP contribution >= 0.6 is 0 Å². The molecule has 0 amide bonds. The molecule has 0 radical (unpaired) electrons. The molecule has 0 bridgehead atoms. The van der Waals surface area contributed by atoms with Crippen molar-refractivity contribution in [3.8, 4) is 0 Å². The van der Waals surface area contributed by atoms with Crippen molar-refractivity contribution in [3.05, 3.63) is 34.9 Å². The number of benzene rings is 1. The van der Waals surface area contributed by atoms with E-state index in [2.05, 4.69) is 23.5 Å². The minimum Gasteiger partial charge on any atom is -0.372 e. The first kappa shape index (κ1) is 10.7. The van der Waals surface area contributed by atoms with Gasteiger partial charge >= 0.3 is 0 Å². The Kier molecular flexibility index (Phi) is 3.75. The standard InChI is InChI=1S/C13H19NO/c1-14-7-3-2-4-11-5-6-12-9-15-10-13(12)8-11/h5-6,8,14H,2-4,7,9-10H2,1H3. The molecule has 1 aliphatic rings. The molecule has 0 atom stereocenters. The summed E-state index contributed by atoms with van der Waals surface area (Å²) in [6, 6.07) is 6.77. The van der Waals surface area contributed by atoms with E-state index in [0.29, 0.717) is 0 Å². The highest BCUT2D eigenvalue weighted by molar-refractivity contribution is 5.33. The molecule has 1 heterocycles. The first-order chi connectivity index (χ1) is 7.40. The van der Waals surface area contributed by atoms with E-state index in [9.17, 15) is 0 Å². The molecule has 0 unspecified atom stereocenters. The lowest BCUT2D eigenvalue weighted by molar-refractivity contribution is 0.134. The van der Waals surface area contributed by atoms with Crippen LogP contribution in [0.1, 0.15) is 29.5 Å². The molecule has 2 heteroatoms. The number of unbranched alkanes of at least 4 members (excludes halogenated alkanes) is 1. The van der Waals surface area contributed by atoms with Crippen molar-refractivity contribution in [2.24, 2.45) is 0 Å². The van der Waals surface area contributed by atoms with Gasteiger partial charge in [0.1, 0.15) is 0 Å². The maximum Gasteiger partial charge on any atom is 0.0725 e. The molecular formula is C13H19NO. The fourth-order valence-corrected chi connectivity index (χ4v) is 2.01. The Balaban J connectivity index is 1.87. The molecule has 1 aromatic rings. The highest BCUT2D eigenvalue weighted by Crippen LogP contribution is 2.21. The van der Waals surface area contributed by atoms with Gasteiger partial charge < -0.3 is 10.1 Å². The fraction of sp³-hybridized carbons (Fsp3) is 0.538. The highest BCUT2D eigenvalue weighted by Gasteiger charge is 2.10. The van der Waals surface area contributed by atoms with Crippen LogP contribution in [0.15, 0.2) is 18.2 Å². The van der Waals surface area contributed by atoms with Gasteiger partial charge in [0.05, 0.1) is 13.2 Å². The molecule has 0 saturated carbocycles. The first-order valence-corrected chi connectivity index (χ1v) is 5.73. The Hall–Kier alpha value is -0.860. The predicted octanol–water partition coefficient (Wildman–Crippen LogP) is 2.26. The van der Waals surface area contributed by atoms with E-state index in [1.165, 1.54) is 36.0 Å². The zero-order valence-electron chi connectivity index (χ0n) is 9.38. The fourth-order valence-electron chi connectivity index (χ4n) is 2.01. The molecule has 15 heavy (non-hydrogen) atoms. The number of rotatable bonds is 5. The Morgan fingerprint density at radius 3 is 2.93 bits per heavy atom. The van der Waals surface area contributed by atoms with Gasteiger partial charge in [-0.1, -0.05) is 18.2 Å². The van der Waals surface area contributed by atoms with Gasteiger partial charge in [-0.15, -0.1) is 0 Å². The van der Waals surface area contributed by atoms with Gasteiger partial charge in [-0.05, 0) is 49.5 Å². The van der Waals surface area contributed by atoms with Gasteiger partial charge in [0.15, 0.2) is 0 Å². The van der Waals surface area contributed by atoms with Gasteiger partial charge in [0.25, 0.3) is 0 Å². The van der Waals surface area contributed by atoms with E-state index >= 15 is 0 Å². The van der Waals surface area contributed by atoms with Crippen LogP contribution in [-0.4, -0.2) is 13.6 Å². The summed E-state index contributed by atoms with van der Waals surface area (Å²) in [6.07, 6.45) is 3.71. The second-order valence-electron chi connectivity index (χ2n) is 4.16. The summed E-state index contributed by atoms with van der Waals surface area (Å²) in [5.41, 5.74) is 4.21. The number of aryl methyl sites for hydroxylation is 1. The van der Waals surface area contributed by atoms with Crippen LogP contribution in [0.4, 0.5) is 0 Å². The van der Waals surface area contributed by atoms with Crippen LogP contribution in [0.25, 0.3) is 0 Å². The molecule has 0 saturated heterocycles. The van der Waals surface area contributed by atoms with Gasteiger partial charge in [-0.2, -0.15) is 0 Å². The first-order valence-electron chi connectivity index (χ1n) is 5.73. The van der Waals surface area contributed by atoms with Gasteiger partial charge in [0.2, 0.25) is 0 Å². The van der Waals surface area contributed by atoms with E-state index in [4.69, 9.17) is 4.74 Å². The number of hydrogen-bond donors (Lipinski definition) is 1. The summed E-state index contributed by atoms with van der Waals surface area (Å²) in [6.45, 7) is 2.73. The van der Waals surface area contributed by atoms with E-state index < -0.39 is 0 Å². The number of fused-ring (bicyclic) bond motifs is 1. The predicted molar refractivity (Wildman–Crippen MR) is 61.8 cm³/mol. The summed E-state index contributed by atoms with van der Waals surface area (Å²) in [5.74, 6) is 0. The van der Waals surface area contributed by atoms with Crippen molar-refractivity contribution in [2.75, 3.05) is 13.6 Å². The highest BCUT2D eigenvalue weighted by atomic mass is 16.5. The molecule has 1 N–H and O–H groups in total. The van der Waals surface area contributed by atoms with Crippen molar-refractivity contribution in [1.82, 2.24) is 5.32 Å². The molecule has 0 fully saturated rings. The Morgan fingerprint density at radius 1 is 1.20 bits per heavy atom. The van der Waals surface area contributed by atoms with E-state index in [-0.39, 0.29) is 0 Å². The van der Waals surface area contributed by atoms with Gasteiger partial charge in [-0.25, -0.2) is 0 Å². The normalized spacial score (nSPS) is 14.2. The summed E-state index contributed by atoms with van der Waals surface area (Å²) < 4.78 is 5.40. The Bertz CT molecular complexity index is 322. The topological polar surface area (TPSA) is 21.3 Å². The minimum atomic E-state index is 0.801. The third kappa shape index (κ3) is 2.80. The molecule has 82 valence electrons. The maximum atomic E-state index is 5.40. The summed E-state index contributed by atoms with van der Waals surface area (Å²) >= 11 is 0. The molecule has 0 aromatic heterocycles. The average molecular weight is 205 g/mol. The smallest absolute Gasteiger partial charge is 0.0725 e. The number of nitrogens with one attached hydrogen (secondary N) is 1. The second-order valence-corrected chi connectivity index (χ2v) is 4.16. The molecule has 1 aliphatic heterocycles. The van der Waals surface area contributed by atoms with Crippen LogP contribution in [0.3, 0.4) is 0 Å². The van der Waals surface area contributed by atoms with Crippen molar-refractivity contribution < 1.29 is 4.74 Å². The van der Waals surface area contributed by atoms with Crippen LogP contribution in [0.5, 0.6) is 0 Å². The van der Waals surface area contributed by atoms with E-state index in [0.717, 1.165) is 19.8 Å². The summed E-state index contributed by atoms with van der Waals surface area (Å²) in [5, 5.41) is 3.18. The van der Waals surface area contributed by atoms with Crippen molar-refractivity contribution in [3.63, 3.8) is 0 Å². The molecule has 1 aromatic carbocycles. The van der Waals surface area contributed by atoms with Crippen molar-refractivity contribution in [2.45, 2.75) is 32.5 Å². The minimum absolute atomic E-state index is 0.801. The Morgan fingerprint density at radius 2 is 2.07 bits per heavy atom. The van der Waals surface area contributed by atoms with Crippen LogP contribution in [0.2, 0.25) is 0 Å². The van der Waals surface area contributed by atoms with Gasteiger partial charge in [0, 0.05) is 0 Å². The van der Waals surface area contributed by atoms with E-state index in [1.807, 2.05) is 7.05 Å². The van der Waals surface area contributed by atoms with Gasteiger partial charge in [-0.3, -0.25) is 0 Å².